The average Bonchev–Trinajstić information content (AvgIpc) is 2.20. The van der Waals surface area contributed by atoms with E-state index in [2.05, 4.69) is 13.1 Å². The molecule has 1 saturated heterocycles. The Morgan fingerprint density at radius 1 is 0.812 bits per heavy atom. The van der Waals surface area contributed by atoms with Crippen molar-refractivity contribution < 1.29 is 18.3 Å². The van der Waals surface area contributed by atoms with Crippen LogP contribution >= 0.6 is 0 Å². The summed E-state index contributed by atoms with van der Waals surface area (Å²) in [6.07, 6.45) is 0.281. The molecular formula is C11H24O4Si. The predicted molar refractivity (Wildman–Crippen MR) is 64.8 cm³/mol. The van der Waals surface area contributed by atoms with Gasteiger partial charge in [0.15, 0.2) is 0 Å². The molecule has 0 amide bonds. The second-order valence-corrected chi connectivity index (χ2v) is 8.25. The van der Waals surface area contributed by atoms with Crippen molar-refractivity contribution in [3.63, 3.8) is 0 Å². The van der Waals surface area contributed by atoms with Crippen molar-refractivity contribution in [3.8, 4) is 0 Å². The lowest BCUT2D eigenvalue weighted by atomic mass is 10.4. The van der Waals surface area contributed by atoms with E-state index in [1.807, 2.05) is 20.8 Å². The summed E-state index contributed by atoms with van der Waals surface area (Å²) in [5, 5.41) is 0. The highest BCUT2D eigenvalue weighted by Gasteiger charge is 2.29. The van der Waals surface area contributed by atoms with E-state index in [0.717, 1.165) is 0 Å². The van der Waals surface area contributed by atoms with Crippen molar-refractivity contribution >= 4 is 8.56 Å². The van der Waals surface area contributed by atoms with Gasteiger partial charge in [-0.05, 0) is 33.9 Å². The van der Waals surface area contributed by atoms with Crippen LogP contribution in [-0.4, -0.2) is 46.7 Å². The second-order valence-electron chi connectivity index (χ2n) is 4.93. The van der Waals surface area contributed by atoms with Crippen molar-refractivity contribution in [2.75, 3.05) is 19.8 Å². The minimum atomic E-state index is -2.04. The van der Waals surface area contributed by atoms with Gasteiger partial charge in [-0.2, -0.15) is 0 Å². The molecule has 1 rings (SSSR count). The Labute approximate surface area is 99.5 Å². The highest BCUT2D eigenvalue weighted by molar-refractivity contribution is 6.64. The monoisotopic (exact) mass is 248 g/mol. The Hall–Kier alpha value is 0.0569. The molecule has 1 heterocycles. The maximum absolute atomic E-state index is 5.90. The van der Waals surface area contributed by atoms with Gasteiger partial charge >= 0.3 is 8.56 Å². The van der Waals surface area contributed by atoms with Gasteiger partial charge in [0.1, 0.15) is 0 Å². The highest BCUT2D eigenvalue weighted by atomic mass is 28.4. The lowest BCUT2D eigenvalue weighted by molar-refractivity contribution is -0.0479. The zero-order valence-corrected chi connectivity index (χ0v) is 12.0. The van der Waals surface area contributed by atoms with Crippen molar-refractivity contribution in [3.05, 3.63) is 0 Å². The molecule has 1 aliphatic rings. The molecule has 0 bridgehead atoms. The molecule has 0 aromatic rings. The molecule has 0 saturated carbocycles. The van der Waals surface area contributed by atoms with E-state index in [-0.39, 0.29) is 18.3 Å². The van der Waals surface area contributed by atoms with Crippen LogP contribution in [0.4, 0.5) is 0 Å². The van der Waals surface area contributed by atoms with E-state index in [1.165, 1.54) is 0 Å². The fraction of sp³-hybridized carbons (Fsp3) is 1.00. The molecule has 4 nitrogen and oxygen atoms in total. The normalized spacial score (nSPS) is 37.7. The molecule has 0 aliphatic carbocycles. The molecule has 0 N–H and O–H groups in total. The molecule has 0 aromatic carbocycles. The quantitative estimate of drug-likeness (QED) is 0.614. The SMILES string of the molecule is CC1COC(C)CO[Si](C)(C)OC(C)CO1. The first-order valence-electron chi connectivity index (χ1n) is 5.94. The largest absolute Gasteiger partial charge is 0.392 e. The smallest absolute Gasteiger partial charge is 0.332 e. The zero-order valence-electron chi connectivity index (χ0n) is 11.0. The van der Waals surface area contributed by atoms with E-state index in [4.69, 9.17) is 18.3 Å². The summed E-state index contributed by atoms with van der Waals surface area (Å²) in [7, 11) is -2.04. The summed E-state index contributed by atoms with van der Waals surface area (Å²) in [6, 6.07) is 0. The fourth-order valence-electron chi connectivity index (χ4n) is 1.57. The minimum Gasteiger partial charge on any atom is -0.392 e. The summed E-state index contributed by atoms with van der Waals surface area (Å²) in [5.74, 6) is 0. The molecule has 0 radical (unpaired) electrons. The number of hydrogen-bond donors (Lipinski definition) is 0. The zero-order chi connectivity index (χ0) is 12.2. The summed E-state index contributed by atoms with van der Waals surface area (Å²) < 4.78 is 23.0. The molecule has 96 valence electrons. The Bertz CT molecular complexity index is 210. The minimum absolute atomic E-state index is 0.0810. The summed E-state index contributed by atoms with van der Waals surface area (Å²) in [5.41, 5.74) is 0. The van der Waals surface area contributed by atoms with Crippen LogP contribution < -0.4 is 0 Å². The van der Waals surface area contributed by atoms with Gasteiger partial charge in [0, 0.05) is 0 Å². The van der Waals surface area contributed by atoms with Gasteiger partial charge in [-0.25, -0.2) is 0 Å². The molecule has 5 heteroatoms. The third-order valence-corrected chi connectivity index (χ3v) is 4.21. The maximum Gasteiger partial charge on any atom is 0.332 e. The Morgan fingerprint density at radius 2 is 1.31 bits per heavy atom. The predicted octanol–water partition coefficient (Wildman–Crippen LogP) is 1.93. The molecular weight excluding hydrogens is 224 g/mol. The standard InChI is InChI=1S/C11H24O4Si/c1-9-6-12-10(2)8-14-16(4,5)15-11(3)7-13-9/h9-11H,6-8H2,1-5H3. The Morgan fingerprint density at radius 3 is 1.94 bits per heavy atom. The van der Waals surface area contributed by atoms with Crippen molar-refractivity contribution in [1.82, 2.24) is 0 Å². The van der Waals surface area contributed by atoms with Crippen molar-refractivity contribution in [2.24, 2.45) is 0 Å². The van der Waals surface area contributed by atoms with Gasteiger partial charge in [-0.15, -0.1) is 0 Å². The van der Waals surface area contributed by atoms with Crippen LogP contribution in [0.5, 0.6) is 0 Å². The summed E-state index contributed by atoms with van der Waals surface area (Å²) >= 11 is 0. The molecule has 3 atom stereocenters. The van der Waals surface area contributed by atoms with Crippen LogP contribution in [0.3, 0.4) is 0 Å². The molecule has 1 aliphatic heterocycles. The van der Waals surface area contributed by atoms with E-state index in [9.17, 15) is 0 Å². The third kappa shape index (κ3) is 5.40. The molecule has 0 spiro atoms. The van der Waals surface area contributed by atoms with Crippen LogP contribution in [0.2, 0.25) is 13.1 Å². The van der Waals surface area contributed by atoms with Gasteiger partial charge in [-0.1, -0.05) is 0 Å². The van der Waals surface area contributed by atoms with E-state index >= 15 is 0 Å². The van der Waals surface area contributed by atoms with Gasteiger partial charge in [0.2, 0.25) is 0 Å². The lowest BCUT2D eigenvalue weighted by Gasteiger charge is -2.27. The Balaban J connectivity index is 2.56. The average molecular weight is 248 g/mol. The van der Waals surface area contributed by atoms with E-state index in [0.29, 0.717) is 19.8 Å². The van der Waals surface area contributed by atoms with Crippen LogP contribution in [0.15, 0.2) is 0 Å². The van der Waals surface area contributed by atoms with Crippen LogP contribution in [-0.2, 0) is 18.3 Å². The lowest BCUT2D eigenvalue weighted by Crippen LogP contribution is -2.41. The van der Waals surface area contributed by atoms with Gasteiger partial charge in [-0.3, -0.25) is 0 Å². The topological polar surface area (TPSA) is 36.9 Å². The summed E-state index contributed by atoms with van der Waals surface area (Å²) in [4.78, 5) is 0. The third-order valence-electron chi connectivity index (χ3n) is 2.38. The van der Waals surface area contributed by atoms with E-state index in [1.54, 1.807) is 0 Å². The second kappa shape index (κ2) is 6.12. The van der Waals surface area contributed by atoms with Crippen LogP contribution in [0.1, 0.15) is 20.8 Å². The molecule has 16 heavy (non-hydrogen) atoms. The maximum atomic E-state index is 5.90. The van der Waals surface area contributed by atoms with Gasteiger partial charge in [0.05, 0.1) is 38.1 Å². The molecule has 1 fully saturated rings. The fourth-order valence-corrected chi connectivity index (χ4v) is 3.31. The van der Waals surface area contributed by atoms with Crippen LogP contribution in [0.25, 0.3) is 0 Å². The first-order valence-corrected chi connectivity index (χ1v) is 8.75. The first-order chi connectivity index (χ1) is 7.39. The first kappa shape index (κ1) is 14.1. The Kier molecular flexibility index (Phi) is 5.40. The molecule has 0 aromatic heterocycles. The van der Waals surface area contributed by atoms with Crippen molar-refractivity contribution in [1.29, 1.82) is 0 Å². The van der Waals surface area contributed by atoms with E-state index < -0.39 is 8.56 Å². The number of rotatable bonds is 0. The highest BCUT2D eigenvalue weighted by Crippen LogP contribution is 2.13. The summed E-state index contributed by atoms with van der Waals surface area (Å²) in [6.45, 7) is 12.0. The van der Waals surface area contributed by atoms with Gasteiger partial charge in [0.25, 0.3) is 0 Å². The van der Waals surface area contributed by atoms with Crippen molar-refractivity contribution in [2.45, 2.75) is 52.2 Å². The number of hydrogen-bond acceptors (Lipinski definition) is 4. The molecule has 3 unspecified atom stereocenters. The number of ether oxygens (including phenoxy) is 2. The van der Waals surface area contributed by atoms with Gasteiger partial charge < -0.3 is 18.3 Å². The van der Waals surface area contributed by atoms with Crippen LogP contribution in [0, 0.1) is 0 Å².